The zero-order valence-corrected chi connectivity index (χ0v) is 11.2. The molecule has 1 saturated heterocycles. The van der Waals surface area contributed by atoms with Crippen LogP contribution in [0, 0.1) is 5.82 Å². The number of nitrogens with two attached hydrogens (primary N) is 1. The van der Waals surface area contributed by atoms with Gasteiger partial charge in [0.1, 0.15) is 5.82 Å². The molecule has 1 atom stereocenters. The molecule has 0 aromatic heterocycles. The van der Waals surface area contributed by atoms with Gasteiger partial charge in [0.2, 0.25) is 5.91 Å². The van der Waals surface area contributed by atoms with E-state index in [-0.39, 0.29) is 11.7 Å². The van der Waals surface area contributed by atoms with Crippen LogP contribution in [0.2, 0.25) is 0 Å². The molecular weight excluding hydrogens is 245 g/mol. The van der Waals surface area contributed by atoms with Gasteiger partial charge in [-0.15, -0.1) is 0 Å². The highest BCUT2D eigenvalue weighted by atomic mass is 19.1. The van der Waals surface area contributed by atoms with E-state index in [1.165, 1.54) is 6.07 Å². The number of hydrogen-bond donors (Lipinski definition) is 1. The molecule has 0 radical (unpaired) electrons. The van der Waals surface area contributed by atoms with E-state index in [0.717, 1.165) is 25.2 Å². The fraction of sp³-hybridized carbons (Fsp3) is 0.500. The first-order valence-electron chi connectivity index (χ1n) is 6.57. The van der Waals surface area contributed by atoms with E-state index in [0.29, 0.717) is 13.1 Å². The molecule has 1 fully saturated rings. The molecule has 19 heavy (non-hydrogen) atoms. The first-order valence-corrected chi connectivity index (χ1v) is 6.57. The minimum Gasteiger partial charge on any atom is -0.339 e. The second kappa shape index (κ2) is 6.12. The van der Waals surface area contributed by atoms with Gasteiger partial charge >= 0.3 is 0 Å². The standard InChI is InChI=1S/C14H20FN3O/c1-11(16)14(19)18-7-5-17(6-8-18)10-12-3-2-4-13(15)9-12/h2-4,9,11H,5-8,10,16H2,1H3/t11-/m1/s1. The summed E-state index contributed by atoms with van der Waals surface area (Å²) >= 11 is 0. The maximum atomic E-state index is 13.1. The molecular formula is C14H20FN3O. The van der Waals surface area contributed by atoms with Crippen LogP contribution in [0.1, 0.15) is 12.5 Å². The molecule has 0 unspecified atom stereocenters. The average Bonchev–Trinajstić information content (AvgIpc) is 2.39. The van der Waals surface area contributed by atoms with Crippen molar-refractivity contribution in [2.45, 2.75) is 19.5 Å². The molecule has 1 aliphatic heterocycles. The fourth-order valence-electron chi connectivity index (χ4n) is 2.31. The molecule has 0 saturated carbocycles. The van der Waals surface area contributed by atoms with Crippen molar-refractivity contribution in [3.05, 3.63) is 35.6 Å². The molecule has 4 nitrogen and oxygen atoms in total. The highest BCUT2D eigenvalue weighted by molar-refractivity contribution is 5.81. The Labute approximate surface area is 113 Å². The highest BCUT2D eigenvalue weighted by Crippen LogP contribution is 2.10. The van der Waals surface area contributed by atoms with Crippen molar-refractivity contribution in [1.82, 2.24) is 9.80 Å². The van der Waals surface area contributed by atoms with Crippen LogP contribution < -0.4 is 5.73 Å². The van der Waals surface area contributed by atoms with Crippen LogP contribution in [-0.4, -0.2) is 47.9 Å². The number of amides is 1. The van der Waals surface area contributed by atoms with Crippen LogP contribution in [0.5, 0.6) is 0 Å². The summed E-state index contributed by atoms with van der Waals surface area (Å²) < 4.78 is 13.1. The lowest BCUT2D eigenvalue weighted by atomic mass is 10.2. The van der Waals surface area contributed by atoms with Crippen molar-refractivity contribution in [1.29, 1.82) is 0 Å². The van der Waals surface area contributed by atoms with Crippen LogP contribution in [0.15, 0.2) is 24.3 Å². The highest BCUT2D eigenvalue weighted by Gasteiger charge is 2.22. The van der Waals surface area contributed by atoms with Crippen molar-refractivity contribution in [3.63, 3.8) is 0 Å². The molecule has 2 rings (SSSR count). The predicted molar refractivity (Wildman–Crippen MR) is 71.9 cm³/mol. The molecule has 1 amide bonds. The van der Waals surface area contributed by atoms with Gasteiger partial charge in [0, 0.05) is 32.7 Å². The van der Waals surface area contributed by atoms with E-state index in [1.807, 2.05) is 6.07 Å². The van der Waals surface area contributed by atoms with E-state index in [1.54, 1.807) is 24.0 Å². The van der Waals surface area contributed by atoms with E-state index >= 15 is 0 Å². The Bertz CT molecular complexity index is 442. The first kappa shape index (κ1) is 14.0. The lowest BCUT2D eigenvalue weighted by Crippen LogP contribution is -2.52. The third-order valence-corrected chi connectivity index (χ3v) is 3.37. The van der Waals surface area contributed by atoms with Gasteiger partial charge in [-0.1, -0.05) is 12.1 Å². The number of nitrogens with zero attached hydrogens (tertiary/aromatic N) is 2. The maximum Gasteiger partial charge on any atom is 0.239 e. The molecule has 1 heterocycles. The summed E-state index contributed by atoms with van der Waals surface area (Å²) in [5.74, 6) is -0.200. The van der Waals surface area contributed by atoms with Gasteiger partial charge < -0.3 is 10.6 Å². The maximum absolute atomic E-state index is 13.1. The summed E-state index contributed by atoms with van der Waals surface area (Å²) in [5, 5.41) is 0. The number of carbonyl (C=O) groups excluding carboxylic acids is 1. The van der Waals surface area contributed by atoms with Gasteiger partial charge in [-0.2, -0.15) is 0 Å². The molecule has 1 aromatic rings. The summed E-state index contributed by atoms with van der Waals surface area (Å²) in [7, 11) is 0. The number of carbonyl (C=O) groups is 1. The lowest BCUT2D eigenvalue weighted by molar-refractivity contribution is -0.134. The van der Waals surface area contributed by atoms with Crippen LogP contribution in [0.3, 0.4) is 0 Å². The smallest absolute Gasteiger partial charge is 0.239 e. The quantitative estimate of drug-likeness (QED) is 0.880. The minimum atomic E-state index is -0.435. The molecule has 0 spiro atoms. The Hall–Kier alpha value is -1.46. The van der Waals surface area contributed by atoms with Crippen molar-refractivity contribution < 1.29 is 9.18 Å². The lowest BCUT2D eigenvalue weighted by Gasteiger charge is -2.35. The summed E-state index contributed by atoms with van der Waals surface area (Å²) in [4.78, 5) is 15.8. The molecule has 1 aliphatic rings. The zero-order chi connectivity index (χ0) is 13.8. The molecule has 5 heteroatoms. The Morgan fingerprint density at radius 1 is 1.37 bits per heavy atom. The summed E-state index contributed by atoms with van der Waals surface area (Å²) in [6.07, 6.45) is 0. The third-order valence-electron chi connectivity index (χ3n) is 3.37. The predicted octanol–water partition coefficient (Wildman–Crippen LogP) is 0.817. The van der Waals surface area contributed by atoms with Crippen molar-refractivity contribution >= 4 is 5.91 Å². The summed E-state index contributed by atoms with van der Waals surface area (Å²) in [5.41, 5.74) is 6.56. The first-order chi connectivity index (χ1) is 9.06. The van der Waals surface area contributed by atoms with Crippen LogP contribution >= 0.6 is 0 Å². The number of halogens is 1. The van der Waals surface area contributed by atoms with Gasteiger partial charge in [0.25, 0.3) is 0 Å². The molecule has 2 N–H and O–H groups in total. The van der Waals surface area contributed by atoms with Crippen LogP contribution in [0.25, 0.3) is 0 Å². The van der Waals surface area contributed by atoms with Crippen LogP contribution in [-0.2, 0) is 11.3 Å². The fourth-order valence-corrected chi connectivity index (χ4v) is 2.31. The number of benzene rings is 1. The monoisotopic (exact) mass is 265 g/mol. The number of rotatable bonds is 3. The second-order valence-corrected chi connectivity index (χ2v) is 5.02. The van der Waals surface area contributed by atoms with Crippen molar-refractivity contribution in [2.75, 3.05) is 26.2 Å². The Morgan fingerprint density at radius 3 is 2.63 bits per heavy atom. The van der Waals surface area contributed by atoms with Gasteiger partial charge in [0.15, 0.2) is 0 Å². The normalized spacial score (nSPS) is 18.4. The van der Waals surface area contributed by atoms with Crippen molar-refractivity contribution in [2.24, 2.45) is 5.73 Å². The molecule has 0 aliphatic carbocycles. The minimum absolute atomic E-state index is 0.00501. The Morgan fingerprint density at radius 2 is 2.05 bits per heavy atom. The number of hydrogen-bond acceptors (Lipinski definition) is 3. The molecule has 104 valence electrons. The SMILES string of the molecule is C[C@@H](N)C(=O)N1CCN(Cc2cccc(F)c2)CC1. The largest absolute Gasteiger partial charge is 0.339 e. The van der Waals surface area contributed by atoms with E-state index in [9.17, 15) is 9.18 Å². The zero-order valence-electron chi connectivity index (χ0n) is 11.2. The average molecular weight is 265 g/mol. The third kappa shape index (κ3) is 3.75. The number of piperazine rings is 1. The summed E-state index contributed by atoms with van der Waals surface area (Å²) in [6, 6.07) is 6.21. The summed E-state index contributed by atoms with van der Waals surface area (Å²) in [6.45, 7) is 5.41. The van der Waals surface area contributed by atoms with Gasteiger partial charge in [-0.25, -0.2) is 4.39 Å². The van der Waals surface area contributed by atoms with Gasteiger partial charge in [0.05, 0.1) is 6.04 Å². The molecule has 1 aromatic carbocycles. The van der Waals surface area contributed by atoms with Crippen LogP contribution in [0.4, 0.5) is 4.39 Å². The topological polar surface area (TPSA) is 49.6 Å². The Balaban J connectivity index is 1.85. The molecule has 0 bridgehead atoms. The van der Waals surface area contributed by atoms with E-state index in [2.05, 4.69) is 4.90 Å². The van der Waals surface area contributed by atoms with Crippen molar-refractivity contribution in [3.8, 4) is 0 Å². The van der Waals surface area contributed by atoms with E-state index < -0.39 is 6.04 Å². The van der Waals surface area contributed by atoms with Gasteiger partial charge in [-0.3, -0.25) is 9.69 Å². The van der Waals surface area contributed by atoms with Gasteiger partial charge in [-0.05, 0) is 24.6 Å². The second-order valence-electron chi connectivity index (χ2n) is 5.02. The Kier molecular flexibility index (Phi) is 4.50. The van der Waals surface area contributed by atoms with E-state index in [4.69, 9.17) is 5.73 Å².